The van der Waals surface area contributed by atoms with Gasteiger partial charge in [-0.3, -0.25) is 4.79 Å². The SMILES string of the molecule is CCN(CCC(=O)Nc1ccccc1)C1CCC(N)CC1. The normalized spacial score (nSPS) is 22.2. The van der Waals surface area contributed by atoms with Gasteiger partial charge < -0.3 is 16.0 Å². The second-order valence-corrected chi connectivity index (χ2v) is 5.86. The minimum Gasteiger partial charge on any atom is -0.328 e. The van der Waals surface area contributed by atoms with Gasteiger partial charge in [0.2, 0.25) is 5.91 Å². The highest BCUT2D eigenvalue weighted by Crippen LogP contribution is 2.22. The van der Waals surface area contributed by atoms with Crippen LogP contribution in [-0.2, 0) is 4.79 Å². The first-order chi connectivity index (χ1) is 10.2. The topological polar surface area (TPSA) is 58.4 Å². The molecule has 21 heavy (non-hydrogen) atoms. The molecule has 1 aliphatic carbocycles. The van der Waals surface area contributed by atoms with Gasteiger partial charge in [0, 0.05) is 30.7 Å². The first-order valence-corrected chi connectivity index (χ1v) is 8.03. The first kappa shape index (κ1) is 16.0. The van der Waals surface area contributed by atoms with Gasteiger partial charge in [-0.2, -0.15) is 0 Å². The fourth-order valence-electron chi connectivity index (χ4n) is 3.06. The molecule has 2 rings (SSSR count). The highest BCUT2D eigenvalue weighted by Gasteiger charge is 2.23. The van der Waals surface area contributed by atoms with E-state index in [0.29, 0.717) is 18.5 Å². The maximum absolute atomic E-state index is 12.0. The number of amides is 1. The summed E-state index contributed by atoms with van der Waals surface area (Å²) in [5.74, 6) is 0.0900. The summed E-state index contributed by atoms with van der Waals surface area (Å²) in [7, 11) is 0. The van der Waals surface area contributed by atoms with Gasteiger partial charge >= 0.3 is 0 Å². The number of nitrogens with two attached hydrogens (primary N) is 1. The van der Waals surface area contributed by atoms with Crippen LogP contribution in [0.15, 0.2) is 30.3 Å². The standard InChI is InChI=1S/C17H27N3O/c1-2-20(16-10-8-14(18)9-11-16)13-12-17(21)19-15-6-4-3-5-7-15/h3-7,14,16H,2,8-13,18H2,1H3,(H,19,21). The van der Waals surface area contributed by atoms with Gasteiger partial charge in [-0.1, -0.05) is 25.1 Å². The van der Waals surface area contributed by atoms with Crippen LogP contribution in [0.25, 0.3) is 0 Å². The summed E-state index contributed by atoms with van der Waals surface area (Å²) in [5.41, 5.74) is 6.83. The van der Waals surface area contributed by atoms with E-state index < -0.39 is 0 Å². The molecule has 0 aliphatic heterocycles. The fraction of sp³-hybridized carbons (Fsp3) is 0.588. The highest BCUT2D eigenvalue weighted by atomic mass is 16.1. The monoisotopic (exact) mass is 289 g/mol. The van der Waals surface area contributed by atoms with Gasteiger partial charge in [0.1, 0.15) is 0 Å². The highest BCUT2D eigenvalue weighted by molar-refractivity contribution is 5.90. The Bertz CT molecular complexity index is 427. The summed E-state index contributed by atoms with van der Waals surface area (Å²) in [6, 6.07) is 10.6. The Morgan fingerprint density at radius 1 is 1.24 bits per heavy atom. The van der Waals surface area contributed by atoms with E-state index in [4.69, 9.17) is 5.73 Å². The van der Waals surface area contributed by atoms with Crippen LogP contribution in [0.5, 0.6) is 0 Å². The Morgan fingerprint density at radius 2 is 1.90 bits per heavy atom. The Hall–Kier alpha value is -1.39. The lowest BCUT2D eigenvalue weighted by molar-refractivity contribution is -0.116. The van der Waals surface area contributed by atoms with Crippen molar-refractivity contribution in [2.75, 3.05) is 18.4 Å². The van der Waals surface area contributed by atoms with Gasteiger partial charge in [0.25, 0.3) is 0 Å². The minimum absolute atomic E-state index is 0.0900. The van der Waals surface area contributed by atoms with E-state index in [1.54, 1.807) is 0 Å². The third-order valence-electron chi connectivity index (χ3n) is 4.35. The van der Waals surface area contributed by atoms with Crippen molar-refractivity contribution in [2.24, 2.45) is 5.73 Å². The summed E-state index contributed by atoms with van der Waals surface area (Å²) in [6.45, 7) is 4.00. The van der Waals surface area contributed by atoms with E-state index in [-0.39, 0.29) is 5.91 Å². The lowest BCUT2D eigenvalue weighted by Crippen LogP contribution is -2.42. The Balaban J connectivity index is 1.76. The molecule has 1 aromatic rings. The molecule has 1 saturated carbocycles. The number of hydrogen-bond acceptors (Lipinski definition) is 3. The summed E-state index contributed by atoms with van der Waals surface area (Å²) >= 11 is 0. The third-order valence-corrected chi connectivity index (χ3v) is 4.35. The molecule has 4 heteroatoms. The summed E-state index contributed by atoms with van der Waals surface area (Å²) in [5, 5.41) is 2.95. The third kappa shape index (κ3) is 5.14. The molecular formula is C17H27N3O. The molecule has 0 radical (unpaired) electrons. The zero-order chi connectivity index (χ0) is 15.1. The summed E-state index contributed by atoms with van der Waals surface area (Å²) in [4.78, 5) is 14.4. The maximum atomic E-state index is 12.0. The van der Waals surface area contributed by atoms with E-state index in [1.165, 1.54) is 0 Å². The van der Waals surface area contributed by atoms with Crippen LogP contribution in [-0.4, -0.2) is 36.0 Å². The molecule has 0 saturated heterocycles. The van der Waals surface area contributed by atoms with Gasteiger partial charge in [0.05, 0.1) is 0 Å². The number of hydrogen-bond donors (Lipinski definition) is 2. The van der Waals surface area contributed by atoms with E-state index in [2.05, 4.69) is 17.1 Å². The fourth-order valence-corrected chi connectivity index (χ4v) is 3.06. The molecule has 1 aliphatic rings. The lowest BCUT2D eigenvalue weighted by Gasteiger charge is -2.35. The predicted octanol–water partition coefficient (Wildman–Crippen LogP) is 2.61. The summed E-state index contributed by atoms with van der Waals surface area (Å²) < 4.78 is 0. The molecule has 1 amide bonds. The van der Waals surface area contributed by atoms with Crippen LogP contribution in [0.3, 0.4) is 0 Å². The average Bonchev–Trinajstić information content (AvgIpc) is 2.50. The molecule has 116 valence electrons. The first-order valence-electron chi connectivity index (χ1n) is 8.03. The lowest BCUT2D eigenvalue weighted by atomic mass is 9.90. The Kier molecular flexibility index (Phi) is 6.21. The molecule has 0 atom stereocenters. The van der Waals surface area contributed by atoms with Crippen LogP contribution in [0.4, 0.5) is 5.69 Å². The van der Waals surface area contributed by atoms with E-state index >= 15 is 0 Å². The van der Waals surface area contributed by atoms with Crippen molar-refractivity contribution in [1.82, 2.24) is 4.90 Å². The average molecular weight is 289 g/mol. The molecule has 4 nitrogen and oxygen atoms in total. The van der Waals surface area contributed by atoms with E-state index in [9.17, 15) is 4.79 Å². The number of para-hydroxylation sites is 1. The van der Waals surface area contributed by atoms with Crippen LogP contribution < -0.4 is 11.1 Å². The number of carbonyl (C=O) groups is 1. The van der Waals surface area contributed by atoms with Crippen LogP contribution in [0.1, 0.15) is 39.0 Å². The minimum atomic E-state index is 0.0900. The number of nitrogens with zero attached hydrogens (tertiary/aromatic N) is 1. The molecule has 1 aromatic carbocycles. The predicted molar refractivity (Wildman–Crippen MR) is 87.2 cm³/mol. The number of anilines is 1. The zero-order valence-corrected chi connectivity index (χ0v) is 12.9. The maximum Gasteiger partial charge on any atom is 0.225 e. The van der Waals surface area contributed by atoms with Crippen molar-refractivity contribution in [2.45, 2.75) is 51.1 Å². The molecule has 3 N–H and O–H groups in total. The van der Waals surface area contributed by atoms with Gasteiger partial charge in [-0.05, 0) is 44.4 Å². The van der Waals surface area contributed by atoms with Crippen molar-refractivity contribution < 1.29 is 4.79 Å². The Morgan fingerprint density at radius 3 is 2.52 bits per heavy atom. The second kappa shape index (κ2) is 8.15. The number of nitrogens with one attached hydrogen (secondary N) is 1. The van der Waals surface area contributed by atoms with Crippen LogP contribution in [0.2, 0.25) is 0 Å². The number of rotatable bonds is 6. The zero-order valence-electron chi connectivity index (χ0n) is 12.9. The largest absolute Gasteiger partial charge is 0.328 e. The molecule has 1 fully saturated rings. The molecule has 0 bridgehead atoms. The molecule has 0 spiro atoms. The molecular weight excluding hydrogens is 262 g/mol. The summed E-state index contributed by atoms with van der Waals surface area (Å²) in [6.07, 6.45) is 5.09. The van der Waals surface area contributed by atoms with Crippen LogP contribution >= 0.6 is 0 Å². The van der Waals surface area contributed by atoms with E-state index in [1.807, 2.05) is 30.3 Å². The molecule has 0 unspecified atom stereocenters. The van der Waals surface area contributed by atoms with Gasteiger partial charge in [0.15, 0.2) is 0 Å². The molecule has 0 heterocycles. The van der Waals surface area contributed by atoms with Gasteiger partial charge in [-0.15, -0.1) is 0 Å². The van der Waals surface area contributed by atoms with Crippen LogP contribution in [0, 0.1) is 0 Å². The van der Waals surface area contributed by atoms with Crippen molar-refractivity contribution in [3.05, 3.63) is 30.3 Å². The quantitative estimate of drug-likeness (QED) is 0.846. The van der Waals surface area contributed by atoms with Crippen molar-refractivity contribution in [3.8, 4) is 0 Å². The van der Waals surface area contributed by atoms with Crippen molar-refractivity contribution in [3.63, 3.8) is 0 Å². The smallest absolute Gasteiger partial charge is 0.225 e. The van der Waals surface area contributed by atoms with Gasteiger partial charge in [-0.25, -0.2) is 0 Å². The number of carbonyl (C=O) groups excluding carboxylic acids is 1. The van der Waals surface area contributed by atoms with E-state index in [0.717, 1.165) is 44.5 Å². The van der Waals surface area contributed by atoms with Crippen molar-refractivity contribution >= 4 is 11.6 Å². The number of benzene rings is 1. The second-order valence-electron chi connectivity index (χ2n) is 5.86. The molecule has 0 aromatic heterocycles. The van der Waals surface area contributed by atoms with Crippen molar-refractivity contribution in [1.29, 1.82) is 0 Å². The Labute approximate surface area is 127 Å².